The van der Waals surface area contributed by atoms with E-state index in [1.54, 1.807) is 0 Å². The Morgan fingerprint density at radius 1 is 0.913 bits per heavy atom. The number of rotatable bonds is 1. The standard InChI is InChI=1S/C15H11FO7/c1-3-4-5-8(13(20)22-11(5)18)15(2,7(3)10(16)17)9-6(4)12(19)23-14(9)21/h4-6,8-9H,1-2H3. The lowest BCUT2D eigenvalue weighted by Gasteiger charge is -2.54. The number of hydrogen-bond donors (Lipinski definition) is 0. The Morgan fingerprint density at radius 3 is 1.74 bits per heavy atom. The van der Waals surface area contributed by atoms with Crippen molar-refractivity contribution in [2.45, 2.75) is 13.8 Å². The Kier molecular flexibility index (Phi) is 2.43. The molecule has 0 amide bonds. The summed E-state index contributed by atoms with van der Waals surface area (Å²) in [6.45, 7) is 2.79. The first-order valence-electron chi connectivity index (χ1n) is 7.13. The van der Waals surface area contributed by atoms with Crippen molar-refractivity contribution in [3.8, 4) is 0 Å². The van der Waals surface area contributed by atoms with Gasteiger partial charge in [-0.2, -0.15) is 4.39 Å². The maximum atomic E-state index is 13.7. The molecule has 2 bridgehead atoms. The van der Waals surface area contributed by atoms with E-state index < -0.39 is 64.9 Å². The first-order valence-corrected chi connectivity index (χ1v) is 7.13. The summed E-state index contributed by atoms with van der Waals surface area (Å²) in [7, 11) is 0. The SMILES string of the molecule is CC1=C(C(=O)F)C2(C)C3C(=O)OC(=O)C3C1C1C(=O)OC(=O)C12. The zero-order valence-electron chi connectivity index (χ0n) is 12.1. The maximum absolute atomic E-state index is 13.7. The van der Waals surface area contributed by atoms with E-state index >= 15 is 0 Å². The van der Waals surface area contributed by atoms with Crippen LogP contribution in [0.4, 0.5) is 4.39 Å². The molecule has 3 fully saturated rings. The van der Waals surface area contributed by atoms with E-state index in [9.17, 15) is 28.4 Å². The van der Waals surface area contributed by atoms with Crippen LogP contribution < -0.4 is 0 Å². The summed E-state index contributed by atoms with van der Waals surface area (Å²) in [4.78, 5) is 60.0. The van der Waals surface area contributed by atoms with Gasteiger partial charge >= 0.3 is 29.9 Å². The molecule has 2 aliphatic heterocycles. The summed E-state index contributed by atoms with van der Waals surface area (Å²) < 4.78 is 23.1. The van der Waals surface area contributed by atoms with Crippen LogP contribution in [0.25, 0.3) is 0 Å². The summed E-state index contributed by atoms with van der Waals surface area (Å²) >= 11 is 0. The lowest BCUT2D eigenvalue weighted by atomic mass is 9.43. The Bertz CT molecular complexity index is 722. The normalized spacial score (nSPS) is 44.2. The highest BCUT2D eigenvalue weighted by molar-refractivity contribution is 6.07. The van der Waals surface area contributed by atoms with Gasteiger partial charge in [-0.15, -0.1) is 0 Å². The molecule has 0 aromatic carbocycles. The van der Waals surface area contributed by atoms with Crippen LogP contribution in [0.3, 0.4) is 0 Å². The van der Waals surface area contributed by atoms with Crippen molar-refractivity contribution in [2.75, 3.05) is 0 Å². The number of ether oxygens (including phenoxy) is 2. The lowest BCUT2D eigenvalue weighted by molar-refractivity contribution is -0.155. The van der Waals surface area contributed by atoms with Crippen molar-refractivity contribution in [3.05, 3.63) is 11.1 Å². The highest BCUT2D eigenvalue weighted by atomic mass is 19.1. The largest absolute Gasteiger partial charge is 0.393 e. The van der Waals surface area contributed by atoms with E-state index in [1.807, 2.05) is 0 Å². The second kappa shape index (κ2) is 3.93. The summed E-state index contributed by atoms with van der Waals surface area (Å²) in [6, 6.07) is -1.77. The van der Waals surface area contributed by atoms with E-state index in [1.165, 1.54) is 13.8 Å². The highest BCUT2D eigenvalue weighted by Crippen LogP contribution is 2.67. The summed E-state index contributed by atoms with van der Waals surface area (Å²) in [6.07, 6.45) is 0. The molecule has 0 spiro atoms. The molecule has 0 radical (unpaired) electrons. The van der Waals surface area contributed by atoms with Gasteiger partial charge in [0.2, 0.25) is 0 Å². The molecule has 120 valence electrons. The minimum Gasteiger partial charge on any atom is -0.393 e. The van der Waals surface area contributed by atoms with Crippen LogP contribution in [-0.4, -0.2) is 29.9 Å². The third-order valence-electron chi connectivity index (χ3n) is 5.87. The minimum absolute atomic E-state index is 0.209. The molecule has 0 N–H and O–H groups in total. The fraction of sp³-hybridized carbons (Fsp3) is 0.533. The van der Waals surface area contributed by atoms with Crippen LogP contribution in [-0.2, 0) is 33.4 Å². The van der Waals surface area contributed by atoms with Crippen molar-refractivity contribution < 1.29 is 37.8 Å². The summed E-state index contributed by atoms with van der Waals surface area (Å²) in [5.41, 5.74) is -1.74. The van der Waals surface area contributed by atoms with Gasteiger partial charge in [0.15, 0.2) is 0 Å². The molecule has 3 aliphatic carbocycles. The van der Waals surface area contributed by atoms with Gasteiger partial charge in [-0.25, -0.2) is 0 Å². The lowest BCUT2D eigenvalue weighted by Crippen LogP contribution is -2.60. The van der Waals surface area contributed by atoms with Crippen LogP contribution in [0.15, 0.2) is 11.1 Å². The van der Waals surface area contributed by atoms with Gasteiger partial charge in [0.1, 0.15) is 0 Å². The molecule has 23 heavy (non-hydrogen) atoms. The van der Waals surface area contributed by atoms with Crippen LogP contribution >= 0.6 is 0 Å². The smallest absolute Gasteiger partial charge is 0.328 e. The molecule has 2 heterocycles. The quantitative estimate of drug-likeness (QED) is 0.382. The van der Waals surface area contributed by atoms with E-state index in [-0.39, 0.29) is 11.1 Å². The Balaban J connectivity index is 2.06. The van der Waals surface area contributed by atoms with Crippen molar-refractivity contribution >= 4 is 29.9 Å². The number of carbonyl (C=O) groups is 5. The maximum Gasteiger partial charge on any atom is 0.328 e. The predicted octanol–water partition coefficient (Wildman–Crippen LogP) is 0.0803. The molecule has 5 aliphatic rings. The molecular formula is C15H11FO7. The van der Waals surface area contributed by atoms with Gasteiger partial charge < -0.3 is 9.47 Å². The van der Waals surface area contributed by atoms with Crippen LogP contribution in [0, 0.1) is 35.0 Å². The van der Waals surface area contributed by atoms with Gasteiger partial charge in [-0.05, 0) is 6.92 Å². The van der Waals surface area contributed by atoms with Gasteiger partial charge in [0, 0.05) is 16.9 Å². The zero-order valence-corrected chi connectivity index (χ0v) is 12.1. The van der Waals surface area contributed by atoms with E-state index in [0.717, 1.165) is 0 Å². The molecule has 0 aromatic rings. The molecule has 4 unspecified atom stereocenters. The summed E-state index contributed by atoms with van der Waals surface area (Å²) in [5.74, 6) is -8.71. The zero-order chi connectivity index (χ0) is 16.8. The molecule has 4 atom stereocenters. The topological polar surface area (TPSA) is 104 Å². The number of cyclic esters (lactones) is 4. The van der Waals surface area contributed by atoms with Crippen LogP contribution in [0.2, 0.25) is 0 Å². The van der Waals surface area contributed by atoms with Gasteiger partial charge in [-0.3, -0.25) is 24.0 Å². The molecular weight excluding hydrogens is 311 g/mol. The van der Waals surface area contributed by atoms with Crippen molar-refractivity contribution in [1.29, 1.82) is 0 Å². The second-order valence-electron chi connectivity index (χ2n) is 6.63. The third-order valence-corrected chi connectivity index (χ3v) is 5.87. The monoisotopic (exact) mass is 322 g/mol. The van der Waals surface area contributed by atoms with E-state index in [4.69, 9.17) is 0 Å². The fourth-order valence-electron chi connectivity index (χ4n) is 5.20. The predicted molar refractivity (Wildman–Crippen MR) is 66.6 cm³/mol. The van der Waals surface area contributed by atoms with Crippen molar-refractivity contribution in [3.63, 3.8) is 0 Å². The molecule has 7 nitrogen and oxygen atoms in total. The van der Waals surface area contributed by atoms with Gasteiger partial charge in [0.05, 0.1) is 23.7 Å². The number of carbonyl (C=O) groups excluding carboxylic acids is 5. The Hall–Kier alpha value is -2.38. The molecule has 8 heteroatoms. The van der Waals surface area contributed by atoms with Crippen LogP contribution in [0.5, 0.6) is 0 Å². The average Bonchev–Trinajstić information content (AvgIpc) is 2.89. The molecule has 5 rings (SSSR count). The van der Waals surface area contributed by atoms with E-state index in [2.05, 4.69) is 9.47 Å². The average molecular weight is 322 g/mol. The summed E-state index contributed by atoms with van der Waals surface area (Å²) in [5, 5.41) is 0. The first-order chi connectivity index (χ1) is 10.7. The van der Waals surface area contributed by atoms with Gasteiger partial charge in [-0.1, -0.05) is 12.5 Å². The number of hydrogen-bond acceptors (Lipinski definition) is 7. The highest BCUT2D eigenvalue weighted by Gasteiger charge is 2.76. The van der Waals surface area contributed by atoms with Gasteiger partial charge in [0.25, 0.3) is 0 Å². The number of halogens is 1. The third kappa shape index (κ3) is 1.33. The fourth-order valence-corrected chi connectivity index (χ4v) is 5.20. The van der Waals surface area contributed by atoms with Crippen LogP contribution in [0.1, 0.15) is 13.8 Å². The van der Waals surface area contributed by atoms with Crippen molar-refractivity contribution in [1.82, 2.24) is 0 Å². The Morgan fingerprint density at radius 2 is 1.35 bits per heavy atom. The molecule has 2 saturated heterocycles. The minimum atomic E-state index is -1.77. The number of esters is 4. The molecule has 1 saturated carbocycles. The second-order valence-corrected chi connectivity index (χ2v) is 6.63. The Labute approximate surface area is 128 Å². The number of allylic oxidation sites excluding steroid dienone is 2. The van der Waals surface area contributed by atoms with Crippen molar-refractivity contribution in [2.24, 2.45) is 35.0 Å². The van der Waals surface area contributed by atoms with E-state index in [0.29, 0.717) is 0 Å². The first kappa shape index (κ1) is 14.2. The molecule has 0 aromatic heterocycles.